The van der Waals surface area contributed by atoms with E-state index in [1.807, 2.05) is 18.5 Å². The van der Waals surface area contributed by atoms with Crippen LogP contribution in [0.5, 0.6) is 0 Å². The Morgan fingerprint density at radius 3 is 2.89 bits per heavy atom. The molecule has 0 bridgehead atoms. The topological polar surface area (TPSA) is 85.8 Å². The largest absolute Gasteiger partial charge is 0.368 e. The lowest BCUT2D eigenvalue weighted by Gasteiger charge is -2.27. The van der Waals surface area contributed by atoms with E-state index in [0.717, 1.165) is 36.7 Å². The maximum Gasteiger partial charge on any atom is 0.237 e. The van der Waals surface area contributed by atoms with E-state index in [1.165, 1.54) is 0 Å². The monoisotopic (exact) mass is 285 g/mol. The molecule has 1 atom stereocenters. The van der Waals surface area contributed by atoms with Crippen molar-refractivity contribution in [1.29, 1.82) is 0 Å². The molecule has 0 aromatic carbocycles. The van der Waals surface area contributed by atoms with E-state index in [-0.39, 0.29) is 5.91 Å². The number of amides is 1. The van der Waals surface area contributed by atoms with Gasteiger partial charge in [0.1, 0.15) is 6.33 Å². The van der Waals surface area contributed by atoms with E-state index in [2.05, 4.69) is 22.4 Å². The van der Waals surface area contributed by atoms with Gasteiger partial charge in [-0.1, -0.05) is 18.7 Å². The molecule has 1 aromatic heterocycles. The summed E-state index contributed by atoms with van der Waals surface area (Å²) >= 11 is 1.64. The summed E-state index contributed by atoms with van der Waals surface area (Å²) in [5, 5.41) is 12.0. The Bertz CT molecular complexity index is 409. The number of aryl methyl sites for hydroxylation is 1. The third kappa shape index (κ3) is 4.83. The fraction of sp³-hybridized carbons (Fsp3) is 0.750. The second-order valence-electron chi connectivity index (χ2n) is 4.80. The van der Waals surface area contributed by atoms with Gasteiger partial charge >= 0.3 is 0 Å². The molecular formula is C12H23N5OS. The van der Waals surface area contributed by atoms with Gasteiger partial charge in [-0.25, -0.2) is 0 Å². The van der Waals surface area contributed by atoms with Gasteiger partial charge in [0.25, 0.3) is 0 Å². The highest BCUT2D eigenvalue weighted by Crippen LogP contribution is 2.19. The second kappa shape index (κ2) is 7.49. The van der Waals surface area contributed by atoms with E-state index >= 15 is 0 Å². The highest BCUT2D eigenvalue weighted by molar-refractivity contribution is 7.99. The lowest BCUT2D eigenvalue weighted by molar-refractivity contribution is -0.124. The molecule has 0 radical (unpaired) electrons. The van der Waals surface area contributed by atoms with Crippen LogP contribution in [0.2, 0.25) is 0 Å². The van der Waals surface area contributed by atoms with Crippen LogP contribution in [-0.4, -0.2) is 38.5 Å². The first-order valence-electron chi connectivity index (χ1n) is 6.51. The summed E-state index contributed by atoms with van der Waals surface area (Å²) in [5.41, 5.74) is 4.86. The summed E-state index contributed by atoms with van der Waals surface area (Å²) in [6, 6.07) is 0. The fourth-order valence-electron chi connectivity index (χ4n) is 1.69. The normalized spacial score (nSPS) is 14.3. The average molecular weight is 285 g/mol. The molecule has 0 fully saturated rings. The molecule has 1 heterocycles. The van der Waals surface area contributed by atoms with Crippen LogP contribution >= 0.6 is 11.8 Å². The number of nitrogens with two attached hydrogens (primary N) is 1. The molecule has 1 amide bonds. The van der Waals surface area contributed by atoms with E-state index in [1.54, 1.807) is 18.1 Å². The summed E-state index contributed by atoms with van der Waals surface area (Å²) in [6.45, 7) is 4.74. The zero-order chi connectivity index (χ0) is 14.3. The van der Waals surface area contributed by atoms with Crippen LogP contribution in [0.3, 0.4) is 0 Å². The minimum atomic E-state index is -0.615. The predicted molar refractivity (Wildman–Crippen MR) is 76.9 cm³/mol. The van der Waals surface area contributed by atoms with E-state index < -0.39 is 5.54 Å². The molecule has 108 valence electrons. The highest BCUT2D eigenvalue weighted by atomic mass is 32.2. The van der Waals surface area contributed by atoms with Gasteiger partial charge in [0.05, 0.1) is 5.54 Å². The zero-order valence-electron chi connectivity index (χ0n) is 11.8. The number of nitrogens with one attached hydrogen (secondary N) is 1. The molecule has 1 rings (SSSR count). The van der Waals surface area contributed by atoms with Crippen LogP contribution in [0, 0.1) is 0 Å². The van der Waals surface area contributed by atoms with Crippen molar-refractivity contribution < 1.29 is 4.79 Å². The molecule has 7 heteroatoms. The van der Waals surface area contributed by atoms with Gasteiger partial charge in [0.2, 0.25) is 5.91 Å². The van der Waals surface area contributed by atoms with Crippen molar-refractivity contribution in [3.8, 4) is 0 Å². The van der Waals surface area contributed by atoms with Crippen LogP contribution in [-0.2, 0) is 11.8 Å². The van der Waals surface area contributed by atoms with E-state index in [0.29, 0.717) is 0 Å². The summed E-state index contributed by atoms with van der Waals surface area (Å²) in [6.07, 6.45) is 4.29. The van der Waals surface area contributed by atoms with Gasteiger partial charge < -0.3 is 15.6 Å². The molecule has 0 aliphatic heterocycles. The summed E-state index contributed by atoms with van der Waals surface area (Å²) < 4.78 is 1.88. The van der Waals surface area contributed by atoms with E-state index in [9.17, 15) is 4.79 Å². The number of hydrogen-bond acceptors (Lipinski definition) is 5. The number of aromatic nitrogens is 3. The number of carbonyl (C=O) groups excluding carboxylic acids is 1. The van der Waals surface area contributed by atoms with Crippen LogP contribution in [0.1, 0.15) is 33.1 Å². The molecule has 1 unspecified atom stereocenters. The van der Waals surface area contributed by atoms with Crippen molar-refractivity contribution in [1.82, 2.24) is 20.1 Å². The maximum absolute atomic E-state index is 11.5. The number of rotatable bonds is 9. The molecule has 0 aliphatic carbocycles. The number of thioether (sulfide) groups is 1. The Morgan fingerprint density at radius 2 is 2.37 bits per heavy atom. The first-order valence-corrected chi connectivity index (χ1v) is 7.50. The average Bonchev–Trinajstić information content (AvgIpc) is 2.78. The second-order valence-corrected chi connectivity index (χ2v) is 5.86. The van der Waals surface area contributed by atoms with E-state index in [4.69, 9.17) is 5.73 Å². The Labute approximate surface area is 118 Å². The predicted octanol–water partition coefficient (Wildman–Crippen LogP) is 0.931. The SMILES string of the molecule is CCCNC(C)(CCCSc1nncn1C)C(N)=O. The number of carbonyl (C=O) groups is 1. The molecule has 6 nitrogen and oxygen atoms in total. The van der Waals surface area contributed by atoms with Crippen molar-refractivity contribution >= 4 is 17.7 Å². The molecule has 0 spiro atoms. The number of primary amides is 1. The molecule has 3 N–H and O–H groups in total. The summed E-state index contributed by atoms with van der Waals surface area (Å²) in [5.74, 6) is 0.605. The van der Waals surface area contributed by atoms with Crippen LogP contribution in [0.4, 0.5) is 0 Å². The summed E-state index contributed by atoms with van der Waals surface area (Å²) in [7, 11) is 1.92. The number of nitrogens with zero attached hydrogens (tertiary/aromatic N) is 3. The molecular weight excluding hydrogens is 262 g/mol. The molecule has 19 heavy (non-hydrogen) atoms. The lowest BCUT2D eigenvalue weighted by atomic mass is 9.95. The van der Waals surface area contributed by atoms with Gasteiger partial charge in [0, 0.05) is 12.8 Å². The van der Waals surface area contributed by atoms with Gasteiger partial charge in [-0.15, -0.1) is 10.2 Å². The standard InChI is InChI=1S/C12H23N5OS/c1-4-7-14-12(2,10(13)18)6-5-8-19-11-16-15-9-17(11)3/h9,14H,4-8H2,1-3H3,(H2,13,18). The molecule has 1 aromatic rings. The third-order valence-electron chi connectivity index (χ3n) is 3.03. The van der Waals surface area contributed by atoms with Crippen LogP contribution in [0.25, 0.3) is 0 Å². The van der Waals surface area contributed by atoms with Crippen molar-refractivity contribution in [2.45, 2.75) is 43.8 Å². The summed E-state index contributed by atoms with van der Waals surface area (Å²) in [4.78, 5) is 11.5. The zero-order valence-corrected chi connectivity index (χ0v) is 12.7. The Balaban J connectivity index is 2.36. The lowest BCUT2D eigenvalue weighted by Crippen LogP contribution is -2.53. The Hall–Kier alpha value is -1.08. The molecule has 0 saturated carbocycles. The first-order chi connectivity index (χ1) is 8.99. The van der Waals surface area contributed by atoms with Gasteiger partial charge in [-0.3, -0.25) is 4.79 Å². The van der Waals surface area contributed by atoms with Crippen molar-refractivity contribution in [3.63, 3.8) is 0 Å². The first kappa shape index (κ1) is 16.0. The Morgan fingerprint density at radius 1 is 1.63 bits per heavy atom. The van der Waals surface area contributed by atoms with Crippen LogP contribution < -0.4 is 11.1 Å². The smallest absolute Gasteiger partial charge is 0.237 e. The third-order valence-corrected chi connectivity index (χ3v) is 4.15. The Kier molecular flexibility index (Phi) is 6.30. The minimum Gasteiger partial charge on any atom is -0.368 e. The fourth-order valence-corrected chi connectivity index (χ4v) is 2.52. The quantitative estimate of drug-likeness (QED) is 0.521. The van der Waals surface area contributed by atoms with Crippen LogP contribution in [0.15, 0.2) is 11.5 Å². The highest BCUT2D eigenvalue weighted by Gasteiger charge is 2.29. The van der Waals surface area contributed by atoms with Gasteiger partial charge in [-0.05, 0) is 32.7 Å². The molecule has 0 aliphatic rings. The number of hydrogen-bond donors (Lipinski definition) is 2. The molecule has 0 saturated heterocycles. The maximum atomic E-state index is 11.5. The minimum absolute atomic E-state index is 0.287. The van der Waals surface area contributed by atoms with Gasteiger partial charge in [0.15, 0.2) is 5.16 Å². The van der Waals surface area contributed by atoms with Crippen molar-refractivity contribution in [2.75, 3.05) is 12.3 Å². The van der Waals surface area contributed by atoms with Gasteiger partial charge in [-0.2, -0.15) is 0 Å². The van der Waals surface area contributed by atoms with Crippen molar-refractivity contribution in [3.05, 3.63) is 6.33 Å². The van der Waals surface area contributed by atoms with Crippen molar-refractivity contribution in [2.24, 2.45) is 12.8 Å².